The molecule has 2 rings (SSSR count). The molecule has 0 spiro atoms. The second-order valence-electron chi connectivity index (χ2n) is 4.03. The fourth-order valence-electron chi connectivity index (χ4n) is 1.69. The molecule has 0 amide bonds. The predicted octanol–water partition coefficient (Wildman–Crippen LogP) is 3.13. The molecular formula is C13H14ClN3. The Morgan fingerprint density at radius 3 is 2.71 bits per heavy atom. The van der Waals surface area contributed by atoms with Crippen molar-refractivity contribution in [2.75, 3.05) is 0 Å². The lowest BCUT2D eigenvalue weighted by Crippen LogP contribution is -2.09. The Hall–Kier alpha value is -1.45. The van der Waals surface area contributed by atoms with Gasteiger partial charge in [0.1, 0.15) is 0 Å². The highest BCUT2D eigenvalue weighted by Gasteiger charge is 2.08. The summed E-state index contributed by atoms with van der Waals surface area (Å²) in [6.07, 6.45) is 1.78. The van der Waals surface area contributed by atoms with Crippen LogP contribution in [0.4, 0.5) is 0 Å². The largest absolute Gasteiger partial charge is 0.324 e. The zero-order chi connectivity index (χ0) is 12.4. The molecule has 0 saturated carbocycles. The molecule has 1 atom stereocenters. The van der Waals surface area contributed by atoms with E-state index in [1.165, 1.54) is 0 Å². The topological polar surface area (TPSA) is 51.8 Å². The summed E-state index contributed by atoms with van der Waals surface area (Å²) in [5, 5.41) is 0.681. The fraction of sp³-hybridized carbons (Fsp3) is 0.231. The number of aromatic nitrogens is 2. The molecule has 3 nitrogen and oxygen atoms in total. The van der Waals surface area contributed by atoms with Gasteiger partial charge in [-0.25, -0.2) is 9.97 Å². The van der Waals surface area contributed by atoms with Crippen LogP contribution in [-0.2, 0) is 0 Å². The zero-order valence-electron chi connectivity index (χ0n) is 9.81. The molecule has 0 aliphatic carbocycles. The number of nitrogens with zero attached hydrogens (tertiary/aromatic N) is 2. The van der Waals surface area contributed by atoms with Gasteiger partial charge in [0.05, 0.1) is 0 Å². The van der Waals surface area contributed by atoms with Crippen molar-refractivity contribution in [1.82, 2.24) is 9.97 Å². The summed E-state index contributed by atoms with van der Waals surface area (Å²) in [6.45, 7) is 3.86. The van der Waals surface area contributed by atoms with E-state index in [-0.39, 0.29) is 6.04 Å². The standard InChI is InChI=1S/C13H14ClN3/c1-8(15)12-7-16-13(17-9(12)2)10-4-3-5-11(14)6-10/h3-8H,15H2,1-2H3/t8-/m1/s1. The minimum absolute atomic E-state index is 0.0524. The van der Waals surface area contributed by atoms with Gasteiger partial charge in [0.25, 0.3) is 0 Å². The lowest BCUT2D eigenvalue weighted by molar-refractivity contribution is 0.790. The Kier molecular flexibility index (Phi) is 3.41. The first kappa shape index (κ1) is 12.0. The molecule has 0 aliphatic rings. The van der Waals surface area contributed by atoms with E-state index in [4.69, 9.17) is 17.3 Å². The van der Waals surface area contributed by atoms with E-state index >= 15 is 0 Å². The molecule has 0 unspecified atom stereocenters. The van der Waals surface area contributed by atoms with Crippen molar-refractivity contribution in [3.05, 3.63) is 46.7 Å². The van der Waals surface area contributed by atoms with Crippen molar-refractivity contribution in [3.8, 4) is 11.4 Å². The number of rotatable bonds is 2. The lowest BCUT2D eigenvalue weighted by atomic mass is 10.1. The quantitative estimate of drug-likeness (QED) is 0.887. The minimum atomic E-state index is -0.0524. The monoisotopic (exact) mass is 247 g/mol. The molecule has 17 heavy (non-hydrogen) atoms. The van der Waals surface area contributed by atoms with Gasteiger partial charge < -0.3 is 5.73 Å². The number of hydrogen-bond acceptors (Lipinski definition) is 3. The second kappa shape index (κ2) is 4.82. The maximum atomic E-state index is 5.94. The SMILES string of the molecule is Cc1nc(-c2cccc(Cl)c2)ncc1[C@@H](C)N. The first-order valence-electron chi connectivity index (χ1n) is 5.43. The van der Waals surface area contributed by atoms with Crippen LogP contribution in [0, 0.1) is 6.92 Å². The van der Waals surface area contributed by atoms with Crippen LogP contribution in [0.1, 0.15) is 24.2 Å². The van der Waals surface area contributed by atoms with E-state index in [1.807, 2.05) is 38.1 Å². The third-order valence-electron chi connectivity index (χ3n) is 2.59. The molecule has 1 aromatic heterocycles. The third-order valence-corrected chi connectivity index (χ3v) is 2.83. The molecule has 2 aromatic rings. The van der Waals surface area contributed by atoms with E-state index in [1.54, 1.807) is 6.20 Å². The first-order valence-corrected chi connectivity index (χ1v) is 5.81. The number of benzene rings is 1. The molecule has 1 heterocycles. The predicted molar refractivity (Wildman–Crippen MR) is 69.8 cm³/mol. The Morgan fingerprint density at radius 2 is 2.12 bits per heavy atom. The Balaban J connectivity index is 2.44. The van der Waals surface area contributed by atoms with Gasteiger partial charge in [-0.3, -0.25) is 0 Å². The van der Waals surface area contributed by atoms with Crippen LogP contribution in [0.2, 0.25) is 5.02 Å². The minimum Gasteiger partial charge on any atom is -0.324 e. The molecule has 2 N–H and O–H groups in total. The molecule has 0 radical (unpaired) electrons. The maximum absolute atomic E-state index is 5.94. The average molecular weight is 248 g/mol. The summed E-state index contributed by atoms with van der Waals surface area (Å²) in [4.78, 5) is 8.78. The van der Waals surface area contributed by atoms with Crippen LogP contribution < -0.4 is 5.73 Å². The summed E-state index contributed by atoms with van der Waals surface area (Å²) >= 11 is 5.94. The third kappa shape index (κ3) is 2.62. The highest BCUT2D eigenvalue weighted by atomic mass is 35.5. The van der Waals surface area contributed by atoms with Crippen LogP contribution in [0.15, 0.2) is 30.5 Å². The molecule has 0 aliphatic heterocycles. The van der Waals surface area contributed by atoms with Crippen LogP contribution in [0.5, 0.6) is 0 Å². The molecule has 0 bridgehead atoms. The number of aryl methyl sites for hydroxylation is 1. The first-order chi connectivity index (χ1) is 8.08. The Bertz CT molecular complexity index is 538. The molecule has 1 aromatic carbocycles. The van der Waals surface area contributed by atoms with E-state index in [2.05, 4.69) is 9.97 Å². The van der Waals surface area contributed by atoms with Crippen molar-refractivity contribution in [1.29, 1.82) is 0 Å². The number of nitrogens with two attached hydrogens (primary N) is 1. The van der Waals surface area contributed by atoms with Crippen LogP contribution >= 0.6 is 11.6 Å². The van der Waals surface area contributed by atoms with Crippen molar-refractivity contribution in [2.24, 2.45) is 5.73 Å². The van der Waals surface area contributed by atoms with Gasteiger partial charge in [0.2, 0.25) is 0 Å². The zero-order valence-corrected chi connectivity index (χ0v) is 10.6. The van der Waals surface area contributed by atoms with E-state index in [0.717, 1.165) is 16.8 Å². The average Bonchev–Trinajstić information content (AvgIpc) is 2.28. The Morgan fingerprint density at radius 1 is 1.35 bits per heavy atom. The maximum Gasteiger partial charge on any atom is 0.159 e. The summed E-state index contributed by atoms with van der Waals surface area (Å²) in [5.41, 5.74) is 8.62. The number of hydrogen-bond donors (Lipinski definition) is 1. The number of halogens is 1. The second-order valence-corrected chi connectivity index (χ2v) is 4.47. The van der Waals surface area contributed by atoms with Gasteiger partial charge >= 0.3 is 0 Å². The van der Waals surface area contributed by atoms with Crippen LogP contribution in [0.3, 0.4) is 0 Å². The lowest BCUT2D eigenvalue weighted by Gasteiger charge is -2.09. The smallest absolute Gasteiger partial charge is 0.159 e. The van der Waals surface area contributed by atoms with Crippen molar-refractivity contribution in [3.63, 3.8) is 0 Å². The van der Waals surface area contributed by atoms with Crippen LogP contribution in [0.25, 0.3) is 11.4 Å². The summed E-state index contributed by atoms with van der Waals surface area (Å²) in [5.74, 6) is 0.675. The van der Waals surface area contributed by atoms with Crippen molar-refractivity contribution < 1.29 is 0 Å². The van der Waals surface area contributed by atoms with Crippen LogP contribution in [-0.4, -0.2) is 9.97 Å². The Labute approximate surface area is 106 Å². The highest BCUT2D eigenvalue weighted by molar-refractivity contribution is 6.30. The van der Waals surface area contributed by atoms with E-state index in [0.29, 0.717) is 10.8 Å². The van der Waals surface area contributed by atoms with Crippen molar-refractivity contribution in [2.45, 2.75) is 19.9 Å². The molecular weight excluding hydrogens is 234 g/mol. The molecule has 0 fully saturated rings. The molecule has 88 valence electrons. The molecule has 0 saturated heterocycles. The summed E-state index contributed by atoms with van der Waals surface area (Å²) < 4.78 is 0. The van der Waals surface area contributed by atoms with Gasteiger partial charge in [-0.2, -0.15) is 0 Å². The van der Waals surface area contributed by atoms with E-state index < -0.39 is 0 Å². The van der Waals surface area contributed by atoms with Gasteiger partial charge in [0.15, 0.2) is 5.82 Å². The van der Waals surface area contributed by atoms with Gasteiger partial charge in [-0.15, -0.1) is 0 Å². The highest BCUT2D eigenvalue weighted by Crippen LogP contribution is 2.21. The summed E-state index contributed by atoms with van der Waals surface area (Å²) in [7, 11) is 0. The van der Waals surface area contributed by atoms with E-state index in [9.17, 15) is 0 Å². The van der Waals surface area contributed by atoms with Crippen molar-refractivity contribution >= 4 is 11.6 Å². The molecule has 4 heteroatoms. The van der Waals surface area contributed by atoms with Gasteiger partial charge in [-0.05, 0) is 26.0 Å². The van der Waals surface area contributed by atoms with Gasteiger partial charge in [0, 0.05) is 34.1 Å². The van der Waals surface area contributed by atoms with Gasteiger partial charge in [-0.1, -0.05) is 23.7 Å². The fourth-order valence-corrected chi connectivity index (χ4v) is 1.88. The normalized spacial score (nSPS) is 12.5. The summed E-state index contributed by atoms with van der Waals surface area (Å²) in [6, 6.07) is 7.45.